The van der Waals surface area contributed by atoms with E-state index < -0.39 is 6.43 Å². The van der Waals surface area contributed by atoms with Crippen molar-refractivity contribution in [3.05, 3.63) is 52.4 Å². The molecule has 0 aromatic carbocycles. The highest BCUT2D eigenvalue weighted by Crippen LogP contribution is 2.22. The van der Waals surface area contributed by atoms with Crippen LogP contribution in [0.1, 0.15) is 23.6 Å². The van der Waals surface area contributed by atoms with Crippen LogP contribution in [0.25, 0.3) is 5.82 Å². The minimum Gasteiger partial charge on any atom is -0.251 e. The Balaban J connectivity index is 2.02. The van der Waals surface area contributed by atoms with Crippen LogP contribution in [-0.4, -0.2) is 29.5 Å². The summed E-state index contributed by atoms with van der Waals surface area (Å²) >= 11 is 3.26. The molecule has 0 fully saturated rings. The van der Waals surface area contributed by atoms with Gasteiger partial charge in [-0.25, -0.2) is 23.4 Å². The molecule has 9 heteroatoms. The molecule has 3 aromatic heterocycles. The molecule has 0 spiro atoms. The predicted molar refractivity (Wildman–Crippen MR) is 77.8 cm³/mol. The molecule has 0 aliphatic heterocycles. The second kappa shape index (κ2) is 5.91. The van der Waals surface area contributed by atoms with E-state index >= 15 is 0 Å². The summed E-state index contributed by atoms with van der Waals surface area (Å²) in [6.07, 6.45) is 2.46. The number of hydrogen-bond donors (Lipinski definition) is 0. The fourth-order valence-electron chi connectivity index (χ4n) is 2.04. The summed E-state index contributed by atoms with van der Waals surface area (Å²) in [6.45, 7) is 0. The van der Waals surface area contributed by atoms with E-state index in [1.54, 1.807) is 36.4 Å². The minimum absolute atomic E-state index is 0.284. The van der Waals surface area contributed by atoms with Gasteiger partial charge in [0.25, 0.3) is 6.43 Å². The van der Waals surface area contributed by atoms with Gasteiger partial charge < -0.3 is 0 Å². The van der Waals surface area contributed by atoms with Gasteiger partial charge in [0.2, 0.25) is 0 Å². The Morgan fingerprint density at radius 2 is 2.00 bits per heavy atom. The summed E-state index contributed by atoms with van der Waals surface area (Å²) < 4.78 is 29.7. The van der Waals surface area contributed by atoms with E-state index in [9.17, 15) is 8.78 Å². The number of halogens is 3. The lowest BCUT2D eigenvalue weighted by atomic mass is 10.2. The highest BCUT2D eigenvalue weighted by molar-refractivity contribution is 9.10. The zero-order chi connectivity index (χ0) is 15.7. The molecular weight excluding hydrogens is 358 g/mol. The molecule has 0 aliphatic rings. The third-order valence-electron chi connectivity index (χ3n) is 3.05. The first-order chi connectivity index (χ1) is 10.5. The number of nitrogens with zero attached hydrogens (tertiary/aromatic N) is 6. The van der Waals surface area contributed by atoms with Crippen LogP contribution in [0.5, 0.6) is 0 Å². The maximum atomic E-state index is 13.0. The van der Waals surface area contributed by atoms with Crippen LogP contribution in [-0.2, 0) is 13.5 Å². The van der Waals surface area contributed by atoms with Crippen molar-refractivity contribution < 1.29 is 8.78 Å². The van der Waals surface area contributed by atoms with Crippen LogP contribution in [0, 0.1) is 0 Å². The van der Waals surface area contributed by atoms with E-state index in [2.05, 4.69) is 36.1 Å². The fourth-order valence-corrected chi connectivity index (χ4v) is 2.24. The number of hydrogen-bond acceptors (Lipinski definition) is 4. The molecular formula is C13H11BrF2N6. The van der Waals surface area contributed by atoms with Crippen LogP contribution in [0.15, 0.2) is 35.2 Å². The van der Waals surface area contributed by atoms with E-state index in [1.165, 1.54) is 10.7 Å². The van der Waals surface area contributed by atoms with Gasteiger partial charge in [-0.15, -0.1) is 0 Å². The second-order valence-corrected chi connectivity index (χ2v) is 5.50. The van der Waals surface area contributed by atoms with Gasteiger partial charge in [-0.3, -0.25) is 4.68 Å². The van der Waals surface area contributed by atoms with E-state index in [-0.39, 0.29) is 12.1 Å². The molecule has 114 valence electrons. The molecule has 0 radical (unpaired) electrons. The number of alkyl halides is 2. The van der Waals surface area contributed by atoms with E-state index in [0.717, 1.165) is 4.47 Å². The molecule has 3 heterocycles. The average molecular weight is 369 g/mol. The van der Waals surface area contributed by atoms with Gasteiger partial charge in [-0.05, 0) is 22.0 Å². The lowest BCUT2D eigenvalue weighted by molar-refractivity contribution is 0.145. The summed E-state index contributed by atoms with van der Waals surface area (Å²) in [6, 6.07) is 3.07. The van der Waals surface area contributed by atoms with Gasteiger partial charge >= 0.3 is 0 Å². The molecule has 0 atom stereocenters. The summed E-state index contributed by atoms with van der Waals surface area (Å²) in [5.41, 5.74) is 0.287. The first-order valence-electron chi connectivity index (χ1n) is 6.36. The first-order valence-corrected chi connectivity index (χ1v) is 7.15. The molecule has 22 heavy (non-hydrogen) atoms. The highest BCUT2D eigenvalue weighted by atomic mass is 79.9. The van der Waals surface area contributed by atoms with Crippen LogP contribution in [0.2, 0.25) is 0 Å². The third-order valence-corrected chi connectivity index (χ3v) is 3.46. The molecule has 0 saturated heterocycles. The Bertz CT molecular complexity index is 780. The van der Waals surface area contributed by atoms with Crippen molar-refractivity contribution in [1.29, 1.82) is 0 Å². The van der Waals surface area contributed by atoms with Gasteiger partial charge in [0.15, 0.2) is 5.82 Å². The van der Waals surface area contributed by atoms with Gasteiger partial charge in [-0.2, -0.15) is 10.2 Å². The first kappa shape index (κ1) is 14.8. The molecule has 0 amide bonds. The van der Waals surface area contributed by atoms with E-state index in [1.807, 2.05) is 0 Å². The van der Waals surface area contributed by atoms with Crippen LogP contribution >= 0.6 is 15.9 Å². The quantitative estimate of drug-likeness (QED) is 0.710. The van der Waals surface area contributed by atoms with Crippen LogP contribution in [0.4, 0.5) is 8.78 Å². The highest BCUT2D eigenvalue weighted by Gasteiger charge is 2.18. The molecule has 0 aliphatic carbocycles. The van der Waals surface area contributed by atoms with E-state index in [4.69, 9.17) is 0 Å². The number of aryl methyl sites for hydroxylation is 1. The van der Waals surface area contributed by atoms with Crippen LogP contribution < -0.4 is 0 Å². The van der Waals surface area contributed by atoms with E-state index in [0.29, 0.717) is 17.3 Å². The van der Waals surface area contributed by atoms with Crippen molar-refractivity contribution in [1.82, 2.24) is 29.5 Å². The molecule has 3 rings (SSSR count). The third kappa shape index (κ3) is 2.89. The SMILES string of the molecule is Cn1nccc1-n1nc(C(F)F)cc1Cc1ncc(Br)cn1. The zero-order valence-corrected chi connectivity index (χ0v) is 13.1. The molecule has 6 nitrogen and oxygen atoms in total. The van der Waals surface area contributed by atoms with Crippen molar-refractivity contribution >= 4 is 15.9 Å². The van der Waals surface area contributed by atoms with Crippen molar-refractivity contribution in [2.75, 3.05) is 0 Å². The maximum absolute atomic E-state index is 13.0. The summed E-state index contributed by atoms with van der Waals surface area (Å²) in [4.78, 5) is 8.33. The zero-order valence-electron chi connectivity index (χ0n) is 11.5. The Kier molecular flexibility index (Phi) is 3.97. The maximum Gasteiger partial charge on any atom is 0.282 e. The van der Waals surface area contributed by atoms with Gasteiger partial charge in [0.05, 0.1) is 22.8 Å². The molecule has 0 bridgehead atoms. The van der Waals surface area contributed by atoms with Gasteiger partial charge in [0.1, 0.15) is 11.5 Å². The minimum atomic E-state index is -2.64. The fraction of sp³-hybridized carbons (Fsp3) is 0.231. The molecule has 0 unspecified atom stereocenters. The van der Waals surface area contributed by atoms with Crippen molar-refractivity contribution in [3.8, 4) is 5.82 Å². The average Bonchev–Trinajstić information content (AvgIpc) is 3.07. The molecule has 0 N–H and O–H groups in total. The topological polar surface area (TPSA) is 61.4 Å². The lowest BCUT2D eigenvalue weighted by Gasteiger charge is -2.06. The summed E-state index contributed by atoms with van der Waals surface area (Å²) in [5, 5.41) is 8.01. The lowest BCUT2D eigenvalue weighted by Crippen LogP contribution is -2.09. The Morgan fingerprint density at radius 3 is 2.59 bits per heavy atom. The Labute approximate surface area is 132 Å². The normalized spacial score (nSPS) is 11.3. The van der Waals surface area contributed by atoms with Crippen molar-refractivity contribution in [2.45, 2.75) is 12.8 Å². The standard InChI is InChI=1S/C13H11BrF2N6/c1-21-12(2-3-19-21)22-9(4-10(20-22)13(15)16)5-11-17-6-8(14)7-18-11/h2-4,6-7,13H,5H2,1H3. The summed E-state index contributed by atoms with van der Waals surface area (Å²) in [7, 11) is 1.72. The summed E-state index contributed by atoms with van der Waals surface area (Å²) in [5.74, 6) is 1.12. The predicted octanol–water partition coefficient (Wildman–Crippen LogP) is 2.69. The number of rotatable bonds is 4. The largest absolute Gasteiger partial charge is 0.282 e. The second-order valence-electron chi connectivity index (χ2n) is 4.58. The Morgan fingerprint density at radius 1 is 1.27 bits per heavy atom. The smallest absolute Gasteiger partial charge is 0.251 e. The van der Waals surface area contributed by atoms with Crippen LogP contribution in [0.3, 0.4) is 0 Å². The molecule has 0 saturated carbocycles. The monoisotopic (exact) mass is 368 g/mol. The number of aromatic nitrogens is 6. The Hall–Kier alpha value is -2.16. The molecule has 3 aromatic rings. The van der Waals surface area contributed by atoms with Crippen molar-refractivity contribution in [3.63, 3.8) is 0 Å². The van der Waals surface area contributed by atoms with Gasteiger partial charge in [0, 0.05) is 25.5 Å². The van der Waals surface area contributed by atoms with Gasteiger partial charge in [-0.1, -0.05) is 0 Å². The van der Waals surface area contributed by atoms with Crippen molar-refractivity contribution in [2.24, 2.45) is 7.05 Å².